The average molecular weight is 572 g/mol. The van der Waals surface area contributed by atoms with Crippen LogP contribution in [-0.4, -0.2) is 63.4 Å². The van der Waals surface area contributed by atoms with Gasteiger partial charge < -0.3 is 29.9 Å². The maximum Gasteiger partial charge on any atom is 0.573 e. The lowest BCUT2D eigenvalue weighted by atomic mass is 10.1. The molecule has 0 saturated heterocycles. The summed E-state index contributed by atoms with van der Waals surface area (Å²) in [7, 11) is 0. The van der Waals surface area contributed by atoms with E-state index >= 15 is 0 Å². The van der Waals surface area contributed by atoms with Crippen molar-refractivity contribution in [2.45, 2.75) is 25.7 Å². The summed E-state index contributed by atoms with van der Waals surface area (Å²) in [6.45, 7) is 2.77. The van der Waals surface area contributed by atoms with Crippen molar-refractivity contribution in [2.24, 2.45) is 0 Å². The second-order valence-electron chi connectivity index (χ2n) is 9.08. The van der Waals surface area contributed by atoms with Gasteiger partial charge in [0.2, 0.25) is 0 Å². The molecule has 0 fully saturated rings. The van der Waals surface area contributed by atoms with Crippen LogP contribution >= 0.6 is 0 Å². The summed E-state index contributed by atoms with van der Waals surface area (Å²) < 4.78 is 53.2. The Morgan fingerprint density at radius 1 is 0.927 bits per heavy atom. The zero-order chi connectivity index (χ0) is 28.5. The van der Waals surface area contributed by atoms with Crippen LogP contribution in [0.5, 0.6) is 5.75 Å². The van der Waals surface area contributed by atoms with Crippen LogP contribution in [0.15, 0.2) is 59.7 Å². The third-order valence-electron chi connectivity index (χ3n) is 5.99. The number of nitrogens with one attached hydrogen (secondary N) is 5. The quantitative estimate of drug-likeness (QED) is 0.109. The smallest absolute Gasteiger partial charge is 0.406 e. The number of unbranched alkanes of at least 4 members (excludes halogenated alkanes) is 1. The van der Waals surface area contributed by atoms with Crippen LogP contribution in [0.25, 0.3) is 22.0 Å². The highest BCUT2D eigenvalue weighted by molar-refractivity contribution is 5.95. The number of ether oxygens (including phenoxy) is 2. The fourth-order valence-electron chi connectivity index (χ4n) is 4.20. The van der Waals surface area contributed by atoms with E-state index in [2.05, 4.69) is 51.5 Å². The number of H-pyrrole nitrogens is 2. The third kappa shape index (κ3) is 8.18. The zero-order valence-electron chi connectivity index (χ0n) is 21.8. The van der Waals surface area contributed by atoms with Crippen LogP contribution in [0.4, 0.5) is 30.4 Å². The molecular formula is C26H28F3N9O3. The molecule has 0 bridgehead atoms. The highest BCUT2D eigenvalue weighted by atomic mass is 19.4. The molecule has 0 aliphatic carbocycles. The van der Waals surface area contributed by atoms with Gasteiger partial charge in [-0.3, -0.25) is 5.10 Å². The van der Waals surface area contributed by atoms with E-state index in [4.69, 9.17) is 9.26 Å². The van der Waals surface area contributed by atoms with Crippen molar-refractivity contribution >= 4 is 28.1 Å². The lowest BCUT2D eigenvalue weighted by Crippen LogP contribution is -2.18. The van der Waals surface area contributed by atoms with E-state index in [0.717, 1.165) is 40.6 Å². The molecule has 0 radical (unpaired) electrons. The molecule has 0 spiro atoms. The number of aromatic nitrogens is 6. The molecule has 3 aromatic heterocycles. The molecule has 0 amide bonds. The second-order valence-corrected chi connectivity index (χ2v) is 9.08. The van der Waals surface area contributed by atoms with E-state index in [0.29, 0.717) is 49.9 Å². The summed E-state index contributed by atoms with van der Waals surface area (Å²) in [6.07, 6.45) is 3.33. The molecule has 0 unspecified atom stereocenters. The molecule has 5 N–H and O–H groups in total. The van der Waals surface area contributed by atoms with Crippen molar-refractivity contribution in [3.05, 3.63) is 60.7 Å². The van der Waals surface area contributed by atoms with Gasteiger partial charge >= 0.3 is 6.36 Å². The van der Waals surface area contributed by atoms with Gasteiger partial charge in [0.15, 0.2) is 5.82 Å². The number of alkyl halides is 3. The minimum absolute atomic E-state index is 0.316. The molecule has 2 aromatic carbocycles. The fourth-order valence-corrected chi connectivity index (χ4v) is 4.20. The first-order valence-electron chi connectivity index (χ1n) is 12.8. The molecule has 0 aliphatic rings. The van der Waals surface area contributed by atoms with Gasteiger partial charge in [-0.05, 0) is 54.8 Å². The maximum absolute atomic E-state index is 12.8. The Bertz CT molecular complexity index is 1510. The predicted octanol–water partition coefficient (Wildman–Crippen LogP) is 4.98. The molecule has 216 valence electrons. The van der Waals surface area contributed by atoms with Crippen molar-refractivity contribution in [3.8, 4) is 16.9 Å². The first-order valence-corrected chi connectivity index (χ1v) is 12.8. The molecule has 41 heavy (non-hydrogen) atoms. The van der Waals surface area contributed by atoms with Gasteiger partial charge in [0.25, 0.3) is 0 Å². The molecule has 5 rings (SSSR count). The second kappa shape index (κ2) is 13.1. The van der Waals surface area contributed by atoms with Crippen LogP contribution in [0.3, 0.4) is 0 Å². The van der Waals surface area contributed by atoms with E-state index in [1.54, 1.807) is 24.7 Å². The van der Waals surface area contributed by atoms with Crippen LogP contribution in [0, 0.1) is 0 Å². The Morgan fingerprint density at radius 3 is 2.66 bits per heavy atom. The number of fused-ring (bicyclic) bond motifs is 1. The minimum atomic E-state index is -4.79. The van der Waals surface area contributed by atoms with E-state index in [9.17, 15) is 13.2 Å². The molecular weight excluding hydrogens is 543 g/mol. The molecule has 3 heterocycles. The minimum Gasteiger partial charge on any atom is -0.406 e. The van der Waals surface area contributed by atoms with Crippen molar-refractivity contribution < 1.29 is 27.2 Å². The van der Waals surface area contributed by atoms with E-state index < -0.39 is 6.36 Å². The number of anilines is 3. The normalized spacial score (nSPS) is 11.7. The van der Waals surface area contributed by atoms with Gasteiger partial charge in [-0.15, -0.1) is 18.3 Å². The topological polar surface area (TPSA) is 151 Å². The average Bonchev–Trinajstić information content (AvgIpc) is 3.71. The largest absolute Gasteiger partial charge is 0.573 e. The monoisotopic (exact) mass is 571 g/mol. The van der Waals surface area contributed by atoms with Crippen LogP contribution in [0.2, 0.25) is 0 Å². The van der Waals surface area contributed by atoms with Gasteiger partial charge in [-0.2, -0.15) is 15.4 Å². The third-order valence-corrected chi connectivity index (χ3v) is 5.99. The Balaban J connectivity index is 1.01. The molecule has 0 saturated carbocycles. The zero-order valence-corrected chi connectivity index (χ0v) is 21.8. The standard InChI is InChI=1S/C26H28F3N9O3/c27-26(28,29)41-21-8-17(7-20(11-21)35-25-15-33-38-37-25)12-30-3-1-2-5-39-6-4-31-23-9-18(19-13-34-40-16-19)10-24-22(23)14-32-36-24/h7-11,13-16,30-31H,1-6,12H2,(H,32,36)(H2,33,35,37,38). The first-order chi connectivity index (χ1) is 19.9. The number of hydrogen-bond donors (Lipinski definition) is 5. The van der Waals surface area contributed by atoms with Crippen LogP contribution in [-0.2, 0) is 11.3 Å². The Morgan fingerprint density at radius 2 is 1.85 bits per heavy atom. The van der Waals surface area contributed by atoms with E-state index in [-0.39, 0.29) is 5.75 Å². The number of rotatable bonds is 15. The van der Waals surface area contributed by atoms with Gasteiger partial charge in [0.05, 0.1) is 30.7 Å². The van der Waals surface area contributed by atoms with E-state index in [1.165, 1.54) is 18.3 Å². The van der Waals surface area contributed by atoms with Gasteiger partial charge in [0, 0.05) is 48.1 Å². The summed E-state index contributed by atoms with van der Waals surface area (Å²) in [5.41, 5.74) is 4.70. The van der Waals surface area contributed by atoms with Crippen molar-refractivity contribution in [1.82, 2.24) is 36.1 Å². The van der Waals surface area contributed by atoms with Gasteiger partial charge in [0.1, 0.15) is 12.0 Å². The van der Waals surface area contributed by atoms with Crippen LogP contribution in [0.1, 0.15) is 18.4 Å². The van der Waals surface area contributed by atoms with Crippen molar-refractivity contribution in [3.63, 3.8) is 0 Å². The first kappa shape index (κ1) is 27.9. The molecule has 12 nitrogen and oxygen atoms in total. The highest BCUT2D eigenvalue weighted by Gasteiger charge is 2.31. The summed E-state index contributed by atoms with van der Waals surface area (Å²) in [5.74, 6) is 0.0573. The number of nitrogens with zero attached hydrogens (tertiary/aromatic N) is 4. The number of halogens is 3. The summed E-state index contributed by atoms with van der Waals surface area (Å²) >= 11 is 0. The van der Waals surface area contributed by atoms with Gasteiger partial charge in [-0.25, -0.2) is 0 Å². The summed E-state index contributed by atoms with van der Waals surface area (Å²) in [6, 6.07) is 8.34. The number of aromatic amines is 2. The van der Waals surface area contributed by atoms with Crippen molar-refractivity contribution in [2.75, 3.05) is 36.9 Å². The fraction of sp³-hybridized carbons (Fsp3) is 0.308. The number of hydrogen-bond acceptors (Lipinski definition) is 10. The highest BCUT2D eigenvalue weighted by Crippen LogP contribution is 2.30. The lowest BCUT2D eigenvalue weighted by molar-refractivity contribution is -0.274. The summed E-state index contributed by atoms with van der Waals surface area (Å²) in [5, 5.41) is 31.4. The molecule has 0 aliphatic heterocycles. The molecule has 15 heteroatoms. The summed E-state index contributed by atoms with van der Waals surface area (Å²) in [4.78, 5) is 0. The number of benzene rings is 2. The SMILES string of the molecule is FC(F)(F)Oc1cc(CNCCCCOCCNc2cc(-c3cnoc3)cc3[nH]ncc23)cc(Nc2cn[nH]n2)c1. The lowest BCUT2D eigenvalue weighted by Gasteiger charge is -2.13. The Hall–Kier alpha value is -4.63. The predicted molar refractivity (Wildman–Crippen MR) is 145 cm³/mol. The Labute approximate surface area is 232 Å². The molecule has 5 aromatic rings. The van der Waals surface area contributed by atoms with Crippen LogP contribution < -0.4 is 20.7 Å². The molecule has 0 atom stereocenters. The van der Waals surface area contributed by atoms with Crippen molar-refractivity contribution in [1.29, 1.82) is 0 Å². The maximum atomic E-state index is 12.8. The Kier molecular flexibility index (Phi) is 8.95. The van der Waals surface area contributed by atoms with Gasteiger partial charge in [-0.1, -0.05) is 5.16 Å². The van der Waals surface area contributed by atoms with E-state index in [1.807, 2.05) is 12.1 Å².